The Kier molecular flexibility index (Phi) is 3.24. The van der Waals surface area contributed by atoms with Crippen LogP contribution in [-0.4, -0.2) is 5.78 Å². The first-order valence-corrected chi connectivity index (χ1v) is 5.60. The number of rotatable bonds is 3. The minimum atomic E-state index is 0.0517. The largest absolute Gasteiger partial charge is 0.359 e. The third-order valence-corrected chi connectivity index (χ3v) is 2.51. The Labute approximate surface area is 101 Å². The van der Waals surface area contributed by atoms with E-state index in [9.17, 15) is 4.79 Å². The number of hydrogen-bond acceptors (Lipinski definition) is 2. The van der Waals surface area contributed by atoms with E-state index in [0.717, 1.165) is 11.4 Å². The van der Waals surface area contributed by atoms with E-state index in [1.165, 1.54) is 10.8 Å². The van der Waals surface area contributed by atoms with Crippen molar-refractivity contribution in [3.8, 4) is 0 Å². The Morgan fingerprint density at radius 1 is 1.06 bits per heavy atom. The average Bonchev–Trinajstić information content (AvgIpc) is 2.27. The fourth-order valence-electron chi connectivity index (χ4n) is 1.84. The Balaban J connectivity index is 2.28. The van der Waals surface area contributed by atoms with Crippen LogP contribution in [0.25, 0.3) is 10.8 Å². The van der Waals surface area contributed by atoms with Crippen LogP contribution in [0.15, 0.2) is 54.2 Å². The van der Waals surface area contributed by atoms with E-state index >= 15 is 0 Å². The van der Waals surface area contributed by atoms with Gasteiger partial charge in [-0.3, -0.25) is 4.79 Å². The molecule has 0 saturated heterocycles. The number of hydrogen-bond donors (Lipinski definition) is 1. The lowest BCUT2D eigenvalue weighted by atomic mass is 10.1. The number of allylic oxidation sites excluding steroid dienone is 2. The number of fused-ring (bicyclic) bond motifs is 1. The van der Waals surface area contributed by atoms with E-state index in [2.05, 4.69) is 29.6 Å². The van der Waals surface area contributed by atoms with E-state index in [0.29, 0.717) is 0 Å². The fraction of sp³-hybridized carbons (Fsp3) is 0.133. The number of nitrogens with one attached hydrogen (secondary N) is 1. The summed E-state index contributed by atoms with van der Waals surface area (Å²) in [6, 6.07) is 14.4. The lowest BCUT2D eigenvalue weighted by molar-refractivity contribution is -0.112. The molecule has 2 heteroatoms. The van der Waals surface area contributed by atoms with Crippen molar-refractivity contribution in [2.75, 3.05) is 5.32 Å². The maximum absolute atomic E-state index is 10.9. The summed E-state index contributed by atoms with van der Waals surface area (Å²) in [6.07, 6.45) is 1.59. The zero-order valence-electron chi connectivity index (χ0n) is 10.0. The summed E-state index contributed by atoms with van der Waals surface area (Å²) in [5, 5.41) is 5.61. The Hall–Kier alpha value is -2.09. The first-order chi connectivity index (χ1) is 8.15. The van der Waals surface area contributed by atoms with E-state index in [1.807, 2.05) is 25.1 Å². The summed E-state index contributed by atoms with van der Waals surface area (Å²) >= 11 is 0. The van der Waals surface area contributed by atoms with Crippen molar-refractivity contribution in [2.24, 2.45) is 0 Å². The summed E-state index contributed by atoms with van der Waals surface area (Å²) < 4.78 is 0. The van der Waals surface area contributed by atoms with Crippen molar-refractivity contribution in [3.63, 3.8) is 0 Å². The highest BCUT2D eigenvalue weighted by molar-refractivity contribution is 5.89. The summed E-state index contributed by atoms with van der Waals surface area (Å²) in [7, 11) is 0. The molecule has 0 radical (unpaired) electrons. The molecule has 0 aliphatic carbocycles. The number of carbonyl (C=O) groups is 1. The highest BCUT2D eigenvalue weighted by Crippen LogP contribution is 2.19. The lowest BCUT2D eigenvalue weighted by Crippen LogP contribution is -1.97. The van der Waals surface area contributed by atoms with E-state index in [4.69, 9.17) is 0 Å². The normalized spacial score (nSPS) is 11.5. The van der Waals surface area contributed by atoms with Crippen molar-refractivity contribution >= 4 is 22.2 Å². The first kappa shape index (κ1) is 11.4. The predicted molar refractivity (Wildman–Crippen MR) is 72.0 cm³/mol. The molecule has 0 spiro atoms. The van der Waals surface area contributed by atoms with E-state index in [-0.39, 0.29) is 5.78 Å². The molecule has 0 heterocycles. The molecule has 0 unspecified atom stereocenters. The summed E-state index contributed by atoms with van der Waals surface area (Å²) in [5.74, 6) is 0.0517. The standard InChI is InChI=1S/C15H15NO/c1-11(9-12(2)17)16-15-8-7-13-5-3-4-6-14(13)10-15/h3-10,16H,1-2H3/b11-9+. The van der Waals surface area contributed by atoms with Crippen LogP contribution in [0.5, 0.6) is 0 Å². The first-order valence-electron chi connectivity index (χ1n) is 5.60. The molecule has 2 aromatic carbocycles. The molecule has 86 valence electrons. The monoisotopic (exact) mass is 225 g/mol. The van der Waals surface area contributed by atoms with Gasteiger partial charge >= 0.3 is 0 Å². The minimum absolute atomic E-state index is 0.0517. The van der Waals surface area contributed by atoms with Gasteiger partial charge in [-0.05, 0) is 42.8 Å². The zero-order valence-corrected chi connectivity index (χ0v) is 10.0. The van der Waals surface area contributed by atoms with Gasteiger partial charge in [0.2, 0.25) is 0 Å². The van der Waals surface area contributed by atoms with Crippen molar-refractivity contribution < 1.29 is 4.79 Å². The van der Waals surface area contributed by atoms with Crippen LogP contribution in [0.3, 0.4) is 0 Å². The summed E-state index contributed by atoms with van der Waals surface area (Å²) in [5.41, 5.74) is 1.85. The second kappa shape index (κ2) is 4.83. The van der Waals surface area contributed by atoms with Crippen molar-refractivity contribution in [2.45, 2.75) is 13.8 Å². The molecule has 0 aliphatic rings. The van der Waals surface area contributed by atoms with Crippen LogP contribution in [0.1, 0.15) is 13.8 Å². The van der Waals surface area contributed by atoms with Gasteiger partial charge < -0.3 is 5.32 Å². The van der Waals surface area contributed by atoms with Gasteiger partial charge in [-0.15, -0.1) is 0 Å². The zero-order chi connectivity index (χ0) is 12.3. The van der Waals surface area contributed by atoms with Gasteiger partial charge in [0.25, 0.3) is 0 Å². The molecule has 0 atom stereocenters. The van der Waals surface area contributed by atoms with Crippen LogP contribution in [0.4, 0.5) is 5.69 Å². The highest BCUT2D eigenvalue weighted by atomic mass is 16.1. The molecule has 0 amide bonds. The number of benzene rings is 2. The van der Waals surface area contributed by atoms with Crippen LogP contribution in [0, 0.1) is 0 Å². The fourth-order valence-corrected chi connectivity index (χ4v) is 1.84. The topological polar surface area (TPSA) is 29.1 Å². The van der Waals surface area contributed by atoms with Crippen LogP contribution in [0.2, 0.25) is 0 Å². The molecular formula is C15H15NO. The maximum atomic E-state index is 10.9. The van der Waals surface area contributed by atoms with Crippen LogP contribution in [-0.2, 0) is 4.79 Å². The van der Waals surface area contributed by atoms with Crippen molar-refractivity contribution in [3.05, 3.63) is 54.2 Å². The number of anilines is 1. The predicted octanol–water partition coefficient (Wildman–Crippen LogP) is 3.74. The second-order valence-electron chi connectivity index (χ2n) is 4.12. The summed E-state index contributed by atoms with van der Waals surface area (Å²) in [6.45, 7) is 3.43. The van der Waals surface area contributed by atoms with Gasteiger partial charge in [-0.1, -0.05) is 30.3 Å². The number of carbonyl (C=O) groups excluding carboxylic acids is 1. The molecule has 17 heavy (non-hydrogen) atoms. The molecule has 1 N–H and O–H groups in total. The van der Waals surface area contributed by atoms with Crippen molar-refractivity contribution in [1.29, 1.82) is 0 Å². The number of ketones is 1. The quantitative estimate of drug-likeness (QED) is 0.806. The van der Waals surface area contributed by atoms with Crippen LogP contribution < -0.4 is 5.32 Å². The Morgan fingerprint density at radius 3 is 2.47 bits per heavy atom. The lowest BCUT2D eigenvalue weighted by Gasteiger charge is -2.07. The Bertz CT molecular complexity index is 584. The second-order valence-corrected chi connectivity index (χ2v) is 4.12. The third kappa shape index (κ3) is 2.94. The van der Waals surface area contributed by atoms with E-state index in [1.54, 1.807) is 13.0 Å². The summed E-state index contributed by atoms with van der Waals surface area (Å²) in [4.78, 5) is 10.9. The van der Waals surface area contributed by atoms with Gasteiger partial charge in [0.15, 0.2) is 5.78 Å². The van der Waals surface area contributed by atoms with Gasteiger partial charge in [-0.2, -0.15) is 0 Å². The molecule has 0 aromatic heterocycles. The van der Waals surface area contributed by atoms with Gasteiger partial charge in [0.1, 0.15) is 0 Å². The molecule has 0 aliphatic heterocycles. The molecule has 0 saturated carbocycles. The van der Waals surface area contributed by atoms with Gasteiger partial charge in [-0.25, -0.2) is 0 Å². The highest BCUT2D eigenvalue weighted by Gasteiger charge is 1.97. The Morgan fingerprint density at radius 2 is 1.76 bits per heavy atom. The SMILES string of the molecule is CC(=O)/C=C(\C)Nc1ccc2ccccc2c1. The molecule has 2 aromatic rings. The third-order valence-electron chi connectivity index (χ3n) is 2.51. The molecule has 0 bridgehead atoms. The molecule has 2 rings (SSSR count). The van der Waals surface area contributed by atoms with Crippen molar-refractivity contribution in [1.82, 2.24) is 0 Å². The average molecular weight is 225 g/mol. The van der Waals surface area contributed by atoms with E-state index < -0.39 is 0 Å². The van der Waals surface area contributed by atoms with Crippen LogP contribution >= 0.6 is 0 Å². The minimum Gasteiger partial charge on any atom is -0.359 e. The van der Waals surface area contributed by atoms with Gasteiger partial charge in [0.05, 0.1) is 0 Å². The molecule has 2 nitrogen and oxygen atoms in total. The molecule has 0 fully saturated rings. The smallest absolute Gasteiger partial charge is 0.154 e. The van der Waals surface area contributed by atoms with Gasteiger partial charge in [0, 0.05) is 11.4 Å². The molecular weight excluding hydrogens is 210 g/mol. The maximum Gasteiger partial charge on any atom is 0.154 e.